The number of nitrogens with one attached hydrogen (secondary N) is 2. The van der Waals surface area contributed by atoms with Crippen molar-refractivity contribution in [2.75, 3.05) is 11.1 Å². The molecule has 1 aliphatic rings. The molecule has 2 aromatic rings. The predicted molar refractivity (Wildman–Crippen MR) is 105 cm³/mol. The second-order valence-corrected chi connectivity index (χ2v) is 7.82. The van der Waals surface area contributed by atoms with E-state index in [4.69, 9.17) is 35.4 Å². The van der Waals surface area contributed by atoms with Crippen LogP contribution in [-0.4, -0.2) is 10.9 Å². The van der Waals surface area contributed by atoms with Gasteiger partial charge in [0.1, 0.15) is 0 Å². The summed E-state index contributed by atoms with van der Waals surface area (Å²) in [5.74, 6) is 1.06. The number of aryl methyl sites for hydroxylation is 1. The predicted octanol–water partition coefficient (Wildman–Crippen LogP) is 5.83. The molecule has 1 heterocycles. The fourth-order valence-electron chi connectivity index (χ4n) is 2.51. The van der Waals surface area contributed by atoms with Crippen LogP contribution in [0.4, 0.5) is 5.69 Å². The average Bonchev–Trinajstić information content (AvgIpc) is 2.51. The monoisotopic (exact) mass is 382 g/mol. The summed E-state index contributed by atoms with van der Waals surface area (Å²) in [5, 5.41) is 8.66. The summed E-state index contributed by atoms with van der Waals surface area (Å²) in [4.78, 5) is 1.26. The quantitative estimate of drug-likeness (QED) is 0.638. The molecular weight excluding hydrogens is 367 g/mol. The van der Waals surface area contributed by atoms with Gasteiger partial charge in [0.25, 0.3) is 0 Å². The summed E-state index contributed by atoms with van der Waals surface area (Å²) < 4.78 is 0. The third-order valence-electron chi connectivity index (χ3n) is 3.75. The number of hydrogen-bond acceptors (Lipinski definition) is 2. The van der Waals surface area contributed by atoms with Crippen LogP contribution in [0.2, 0.25) is 10.0 Å². The zero-order valence-corrected chi connectivity index (χ0v) is 15.7. The molecule has 0 radical (unpaired) electrons. The summed E-state index contributed by atoms with van der Waals surface area (Å²) in [6, 6.07) is 12.0. The SMILES string of the molecule is Cc1ccc(NC(=S)N[C@@H]2CCSc3ccc(Cl)cc32)cc1Cl. The number of anilines is 1. The molecule has 2 aromatic carbocycles. The van der Waals surface area contributed by atoms with Gasteiger partial charge in [-0.1, -0.05) is 29.3 Å². The van der Waals surface area contributed by atoms with E-state index in [1.165, 1.54) is 10.5 Å². The zero-order chi connectivity index (χ0) is 16.4. The van der Waals surface area contributed by atoms with E-state index in [1.54, 1.807) is 0 Å². The van der Waals surface area contributed by atoms with E-state index in [2.05, 4.69) is 16.7 Å². The van der Waals surface area contributed by atoms with Crippen molar-refractivity contribution in [3.8, 4) is 0 Å². The van der Waals surface area contributed by atoms with E-state index < -0.39 is 0 Å². The molecule has 0 amide bonds. The Morgan fingerprint density at radius 3 is 2.83 bits per heavy atom. The van der Waals surface area contributed by atoms with Gasteiger partial charge >= 0.3 is 0 Å². The molecule has 6 heteroatoms. The number of thiocarbonyl (C=S) groups is 1. The first-order chi connectivity index (χ1) is 11.0. The van der Waals surface area contributed by atoms with Crippen molar-refractivity contribution >= 4 is 58.0 Å². The Hall–Kier alpha value is -0.940. The first-order valence-corrected chi connectivity index (χ1v) is 9.44. The highest BCUT2D eigenvalue weighted by atomic mass is 35.5. The molecule has 0 fully saturated rings. The largest absolute Gasteiger partial charge is 0.356 e. The van der Waals surface area contributed by atoms with Crippen molar-refractivity contribution in [1.29, 1.82) is 0 Å². The van der Waals surface area contributed by atoms with Gasteiger partial charge in [-0.2, -0.15) is 0 Å². The number of halogens is 2. The molecule has 0 spiro atoms. The lowest BCUT2D eigenvalue weighted by Crippen LogP contribution is -2.34. The number of benzene rings is 2. The molecule has 120 valence electrons. The number of thioether (sulfide) groups is 1. The smallest absolute Gasteiger partial charge is 0.171 e. The van der Waals surface area contributed by atoms with Crippen molar-refractivity contribution < 1.29 is 0 Å². The lowest BCUT2D eigenvalue weighted by molar-refractivity contribution is 0.614. The first kappa shape index (κ1) is 16.9. The van der Waals surface area contributed by atoms with Gasteiger partial charge < -0.3 is 10.6 Å². The highest BCUT2D eigenvalue weighted by molar-refractivity contribution is 7.99. The fraction of sp³-hybridized carbons (Fsp3) is 0.235. The Morgan fingerprint density at radius 2 is 2.04 bits per heavy atom. The van der Waals surface area contributed by atoms with Crippen LogP contribution in [0.25, 0.3) is 0 Å². The molecule has 0 aromatic heterocycles. The molecule has 1 aliphatic heterocycles. The molecule has 1 atom stereocenters. The van der Waals surface area contributed by atoms with Crippen LogP contribution in [0.1, 0.15) is 23.6 Å². The lowest BCUT2D eigenvalue weighted by Gasteiger charge is -2.27. The molecule has 0 unspecified atom stereocenters. The van der Waals surface area contributed by atoms with Crippen molar-refractivity contribution in [3.05, 3.63) is 57.6 Å². The Balaban J connectivity index is 1.71. The van der Waals surface area contributed by atoms with Crippen LogP contribution in [0.3, 0.4) is 0 Å². The highest BCUT2D eigenvalue weighted by Crippen LogP contribution is 2.37. The Kier molecular flexibility index (Phi) is 5.37. The summed E-state index contributed by atoms with van der Waals surface area (Å²) in [5.41, 5.74) is 3.14. The van der Waals surface area contributed by atoms with Crippen LogP contribution < -0.4 is 10.6 Å². The van der Waals surface area contributed by atoms with Gasteiger partial charge in [-0.05, 0) is 67.0 Å². The van der Waals surface area contributed by atoms with Crippen LogP contribution in [-0.2, 0) is 0 Å². The number of fused-ring (bicyclic) bond motifs is 1. The number of hydrogen-bond donors (Lipinski definition) is 2. The molecule has 2 N–H and O–H groups in total. The lowest BCUT2D eigenvalue weighted by atomic mass is 10.0. The Morgan fingerprint density at radius 1 is 1.22 bits per heavy atom. The van der Waals surface area contributed by atoms with Gasteiger partial charge in [0, 0.05) is 26.4 Å². The van der Waals surface area contributed by atoms with Crippen LogP contribution in [0, 0.1) is 6.92 Å². The van der Waals surface area contributed by atoms with Gasteiger partial charge in [-0.15, -0.1) is 11.8 Å². The van der Waals surface area contributed by atoms with Crippen LogP contribution >= 0.6 is 47.2 Å². The van der Waals surface area contributed by atoms with E-state index in [0.717, 1.165) is 33.5 Å². The molecule has 23 heavy (non-hydrogen) atoms. The summed E-state index contributed by atoms with van der Waals surface area (Å²) in [6.45, 7) is 1.98. The van der Waals surface area contributed by atoms with E-state index >= 15 is 0 Å². The minimum absolute atomic E-state index is 0.172. The minimum Gasteiger partial charge on any atom is -0.356 e. The molecule has 2 nitrogen and oxygen atoms in total. The van der Waals surface area contributed by atoms with Gasteiger partial charge in [0.2, 0.25) is 0 Å². The third kappa shape index (κ3) is 4.13. The van der Waals surface area contributed by atoms with E-state index in [-0.39, 0.29) is 6.04 Å². The maximum atomic E-state index is 6.15. The first-order valence-electron chi connectivity index (χ1n) is 7.29. The number of rotatable bonds is 2. The second kappa shape index (κ2) is 7.31. The average molecular weight is 383 g/mol. The fourth-order valence-corrected chi connectivity index (χ4v) is 4.24. The molecule has 3 rings (SSSR count). The van der Waals surface area contributed by atoms with Crippen LogP contribution in [0.5, 0.6) is 0 Å². The van der Waals surface area contributed by atoms with Crippen molar-refractivity contribution in [1.82, 2.24) is 5.32 Å². The van der Waals surface area contributed by atoms with E-state index in [0.29, 0.717) is 5.11 Å². The van der Waals surface area contributed by atoms with E-state index in [1.807, 2.05) is 49.0 Å². The normalized spacial score (nSPS) is 16.6. The minimum atomic E-state index is 0.172. The maximum Gasteiger partial charge on any atom is 0.171 e. The highest BCUT2D eigenvalue weighted by Gasteiger charge is 2.21. The van der Waals surface area contributed by atoms with Crippen LogP contribution in [0.15, 0.2) is 41.3 Å². The molecular formula is C17H16Cl2N2S2. The maximum absolute atomic E-state index is 6.15. The molecule has 0 bridgehead atoms. The van der Waals surface area contributed by atoms with Gasteiger partial charge in [0.05, 0.1) is 6.04 Å². The zero-order valence-electron chi connectivity index (χ0n) is 12.5. The second-order valence-electron chi connectivity index (χ2n) is 5.43. The van der Waals surface area contributed by atoms with Crippen molar-refractivity contribution in [2.45, 2.75) is 24.3 Å². The topological polar surface area (TPSA) is 24.1 Å². The van der Waals surface area contributed by atoms with Gasteiger partial charge in [-0.25, -0.2) is 0 Å². The van der Waals surface area contributed by atoms with Gasteiger partial charge in [0.15, 0.2) is 5.11 Å². The molecule has 0 saturated heterocycles. The Bertz CT molecular complexity index is 749. The summed E-state index contributed by atoms with van der Waals surface area (Å²) in [6.07, 6.45) is 1.01. The molecule has 0 saturated carbocycles. The van der Waals surface area contributed by atoms with Crippen molar-refractivity contribution in [2.24, 2.45) is 0 Å². The Labute approximate surface area is 155 Å². The summed E-state index contributed by atoms with van der Waals surface area (Å²) in [7, 11) is 0. The standard InChI is InChI=1S/C17H16Cl2N2S2/c1-10-2-4-12(9-14(10)19)20-17(22)21-15-6-7-23-16-5-3-11(18)8-13(15)16/h2-5,8-9,15H,6-7H2,1H3,(H2,20,21,22)/t15-/m1/s1. The van der Waals surface area contributed by atoms with Gasteiger partial charge in [-0.3, -0.25) is 0 Å². The summed E-state index contributed by atoms with van der Waals surface area (Å²) >= 11 is 19.6. The van der Waals surface area contributed by atoms with E-state index in [9.17, 15) is 0 Å². The van der Waals surface area contributed by atoms with Crippen molar-refractivity contribution in [3.63, 3.8) is 0 Å². The molecule has 0 aliphatic carbocycles. The third-order valence-corrected chi connectivity index (χ3v) is 5.73.